The van der Waals surface area contributed by atoms with E-state index in [1.807, 2.05) is 36.4 Å². The van der Waals surface area contributed by atoms with Crippen LogP contribution in [-0.2, 0) is 4.74 Å². The molecule has 0 amide bonds. The Morgan fingerprint density at radius 3 is 2.55 bits per heavy atom. The van der Waals surface area contributed by atoms with Crippen LogP contribution in [0.25, 0.3) is 11.5 Å². The lowest BCUT2D eigenvalue weighted by Gasteiger charge is -2.17. The van der Waals surface area contributed by atoms with Crippen molar-refractivity contribution >= 4 is 11.7 Å². The molecule has 156 valence electrons. The molecule has 1 heterocycles. The van der Waals surface area contributed by atoms with Gasteiger partial charge in [-0.2, -0.15) is 0 Å². The van der Waals surface area contributed by atoms with Crippen molar-refractivity contribution in [3.63, 3.8) is 0 Å². The number of esters is 1. The molecule has 3 aromatic carbocycles. The lowest BCUT2D eigenvalue weighted by molar-refractivity contribution is 0.0526. The summed E-state index contributed by atoms with van der Waals surface area (Å²) in [7, 11) is 0. The Balaban J connectivity index is 1.68. The van der Waals surface area contributed by atoms with Crippen LogP contribution in [0, 0.1) is 5.82 Å². The van der Waals surface area contributed by atoms with Crippen LogP contribution in [-0.4, -0.2) is 22.8 Å². The van der Waals surface area contributed by atoms with E-state index in [0.717, 1.165) is 11.1 Å². The number of aromatic nitrogens is 2. The van der Waals surface area contributed by atoms with E-state index in [1.165, 1.54) is 12.1 Å². The van der Waals surface area contributed by atoms with Gasteiger partial charge in [0.25, 0.3) is 0 Å². The summed E-state index contributed by atoms with van der Waals surface area (Å²) < 4.78 is 24.5. The monoisotopic (exact) mass is 417 g/mol. The Morgan fingerprint density at radius 1 is 1.03 bits per heavy atom. The van der Waals surface area contributed by atoms with Gasteiger partial charge in [-0.3, -0.25) is 0 Å². The Labute approximate surface area is 178 Å². The third-order valence-electron chi connectivity index (χ3n) is 4.60. The molecule has 0 radical (unpaired) electrons. The number of benzene rings is 3. The molecule has 4 aromatic rings. The molecule has 0 aliphatic heterocycles. The lowest BCUT2D eigenvalue weighted by atomic mass is 10.1. The zero-order valence-electron chi connectivity index (χ0n) is 16.8. The first-order valence-corrected chi connectivity index (χ1v) is 9.82. The topological polar surface area (TPSA) is 77.2 Å². The third-order valence-corrected chi connectivity index (χ3v) is 4.60. The second-order valence-corrected chi connectivity index (χ2v) is 6.74. The maximum absolute atomic E-state index is 13.5. The largest absolute Gasteiger partial charge is 0.462 e. The van der Waals surface area contributed by atoms with Crippen LogP contribution in [0.2, 0.25) is 0 Å². The number of hydrogen-bond acceptors (Lipinski definition) is 6. The van der Waals surface area contributed by atoms with E-state index in [2.05, 4.69) is 15.5 Å². The van der Waals surface area contributed by atoms with Crippen LogP contribution in [0.3, 0.4) is 0 Å². The molecule has 1 aromatic heterocycles. The van der Waals surface area contributed by atoms with Crippen LogP contribution in [0.4, 0.5) is 10.1 Å². The number of nitrogens with zero attached hydrogens (tertiary/aromatic N) is 2. The predicted octanol–water partition coefficient (Wildman–Crippen LogP) is 5.25. The average molecular weight is 417 g/mol. The van der Waals surface area contributed by atoms with Crippen LogP contribution in [0.1, 0.15) is 34.8 Å². The number of halogens is 1. The van der Waals surface area contributed by atoms with E-state index in [-0.39, 0.29) is 5.82 Å². The molecule has 0 saturated carbocycles. The number of carbonyl (C=O) groups is 1. The van der Waals surface area contributed by atoms with Crippen LogP contribution < -0.4 is 5.32 Å². The van der Waals surface area contributed by atoms with Crippen molar-refractivity contribution < 1.29 is 18.3 Å². The number of rotatable bonds is 7. The highest BCUT2D eigenvalue weighted by molar-refractivity contribution is 5.90. The normalized spacial score (nSPS) is 11.7. The first-order chi connectivity index (χ1) is 15.1. The molecular weight excluding hydrogens is 397 g/mol. The summed E-state index contributed by atoms with van der Waals surface area (Å²) in [6.45, 7) is 2.05. The van der Waals surface area contributed by atoms with Gasteiger partial charge >= 0.3 is 5.97 Å². The van der Waals surface area contributed by atoms with E-state index >= 15 is 0 Å². The van der Waals surface area contributed by atoms with Crippen molar-refractivity contribution in [1.82, 2.24) is 10.2 Å². The molecular formula is C24H20FN3O3. The van der Waals surface area contributed by atoms with E-state index in [9.17, 15) is 9.18 Å². The Kier molecular flexibility index (Phi) is 6.03. The van der Waals surface area contributed by atoms with E-state index in [4.69, 9.17) is 9.15 Å². The molecule has 1 unspecified atom stereocenters. The van der Waals surface area contributed by atoms with Gasteiger partial charge < -0.3 is 14.5 Å². The van der Waals surface area contributed by atoms with Gasteiger partial charge in [-0.15, -0.1) is 10.2 Å². The SMILES string of the molecule is CCOC(=O)c1cccc(NC(c2ccc(F)cc2)c2nnc(-c3ccccc3)o2)c1. The second kappa shape index (κ2) is 9.21. The minimum Gasteiger partial charge on any atom is -0.462 e. The Bertz CT molecular complexity index is 1160. The maximum atomic E-state index is 13.5. The third kappa shape index (κ3) is 4.78. The highest BCUT2D eigenvalue weighted by atomic mass is 19.1. The number of carbonyl (C=O) groups excluding carboxylic acids is 1. The molecule has 1 N–H and O–H groups in total. The van der Waals surface area contributed by atoms with Gasteiger partial charge in [-0.05, 0) is 55.0 Å². The molecule has 31 heavy (non-hydrogen) atoms. The minimum atomic E-state index is -0.553. The van der Waals surface area contributed by atoms with Gasteiger partial charge in [0, 0.05) is 11.3 Å². The fourth-order valence-corrected chi connectivity index (χ4v) is 3.11. The van der Waals surface area contributed by atoms with Crippen molar-refractivity contribution in [1.29, 1.82) is 0 Å². The minimum absolute atomic E-state index is 0.291. The van der Waals surface area contributed by atoms with Crippen molar-refractivity contribution in [2.75, 3.05) is 11.9 Å². The number of nitrogens with one attached hydrogen (secondary N) is 1. The fraction of sp³-hybridized carbons (Fsp3) is 0.125. The quantitative estimate of drug-likeness (QED) is 0.414. The maximum Gasteiger partial charge on any atom is 0.338 e. The molecule has 0 aliphatic carbocycles. The van der Waals surface area contributed by atoms with E-state index < -0.39 is 12.0 Å². The van der Waals surface area contributed by atoms with Gasteiger partial charge in [0.2, 0.25) is 11.8 Å². The van der Waals surface area contributed by atoms with Crippen LogP contribution in [0.5, 0.6) is 0 Å². The summed E-state index contributed by atoms with van der Waals surface area (Å²) >= 11 is 0. The molecule has 1 atom stereocenters. The number of ether oxygens (including phenoxy) is 1. The smallest absolute Gasteiger partial charge is 0.338 e. The summed E-state index contributed by atoms with van der Waals surface area (Å²) in [6.07, 6.45) is 0. The van der Waals surface area contributed by atoms with E-state index in [0.29, 0.717) is 29.6 Å². The zero-order valence-corrected chi connectivity index (χ0v) is 16.8. The van der Waals surface area contributed by atoms with Crippen molar-refractivity contribution in [2.24, 2.45) is 0 Å². The van der Waals surface area contributed by atoms with Crippen molar-refractivity contribution in [3.8, 4) is 11.5 Å². The summed E-state index contributed by atoms with van der Waals surface area (Å²) in [4.78, 5) is 12.1. The molecule has 0 fully saturated rings. The second-order valence-electron chi connectivity index (χ2n) is 6.74. The fourth-order valence-electron chi connectivity index (χ4n) is 3.11. The first kappa shape index (κ1) is 20.3. The Morgan fingerprint density at radius 2 is 1.81 bits per heavy atom. The summed E-state index contributed by atoms with van der Waals surface area (Å²) in [6, 6.07) is 21.8. The standard InChI is InChI=1S/C24H20FN3O3/c1-2-30-24(29)18-9-6-10-20(15-18)26-21(16-11-13-19(25)14-12-16)23-28-27-22(31-23)17-7-4-3-5-8-17/h3-15,21,26H,2H2,1H3. The van der Waals surface area contributed by atoms with Crippen molar-refractivity contribution in [2.45, 2.75) is 13.0 Å². The van der Waals surface area contributed by atoms with Gasteiger partial charge in [0.05, 0.1) is 12.2 Å². The van der Waals surface area contributed by atoms with Crippen LogP contribution in [0.15, 0.2) is 83.3 Å². The van der Waals surface area contributed by atoms with Crippen LogP contribution >= 0.6 is 0 Å². The molecule has 4 rings (SSSR count). The summed E-state index contributed by atoms with van der Waals surface area (Å²) in [5.41, 5.74) is 2.59. The zero-order chi connectivity index (χ0) is 21.6. The molecule has 0 bridgehead atoms. The van der Waals surface area contributed by atoms with Crippen molar-refractivity contribution in [3.05, 3.63) is 102 Å². The molecule has 6 nitrogen and oxygen atoms in total. The first-order valence-electron chi connectivity index (χ1n) is 9.82. The highest BCUT2D eigenvalue weighted by Crippen LogP contribution is 2.29. The number of anilines is 1. The Hall–Kier alpha value is -4.00. The molecule has 0 spiro atoms. The molecule has 0 saturated heterocycles. The van der Waals surface area contributed by atoms with Gasteiger partial charge in [0.1, 0.15) is 11.9 Å². The summed E-state index contributed by atoms with van der Waals surface area (Å²) in [5, 5.41) is 11.7. The predicted molar refractivity (Wildman–Crippen MR) is 114 cm³/mol. The average Bonchev–Trinajstić information content (AvgIpc) is 3.29. The van der Waals surface area contributed by atoms with Gasteiger partial charge in [-0.25, -0.2) is 9.18 Å². The lowest BCUT2D eigenvalue weighted by Crippen LogP contribution is -2.14. The molecule has 7 heteroatoms. The van der Waals surface area contributed by atoms with Gasteiger partial charge in [0.15, 0.2) is 0 Å². The highest BCUT2D eigenvalue weighted by Gasteiger charge is 2.22. The molecule has 0 aliphatic rings. The van der Waals surface area contributed by atoms with E-state index in [1.54, 1.807) is 37.3 Å². The summed E-state index contributed by atoms with van der Waals surface area (Å²) in [5.74, 6) is -0.0623. The van der Waals surface area contributed by atoms with Gasteiger partial charge in [-0.1, -0.05) is 36.4 Å². The number of hydrogen-bond donors (Lipinski definition) is 1.